The third-order valence-electron chi connectivity index (χ3n) is 2.67. The zero-order chi connectivity index (χ0) is 15.8. The van der Waals surface area contributed by atoms with Crippen LogP contribution in [-0.4, -0.2) is 18.3 Å². The Bertz CT molecular complexity index is 814. The largest absolute Gasteiger partial charge is 0.375 e. The van der Waals surface area contributed by atoms with Crippen LogP contribution >= 0.6 is 11.3 Å². The van der Waals surface area contributed by atoms with Crippen LogP contribution in [0, 0.1) is 24.0 Å². The number of thiazole rings is 1. The maximum absolute atomic E-state index is 12.2. The predicted molar refractivity (Wildman–Crippen MR) is 79.9 cm³/mol. The number of sulfonamides is 1. The van der Waals surface area contributed by atoms with Gasteiger partial charge in [0, 0.05) is 11.6 Å². The van der Waals surface area contributed by atoms with Crippen molar-refractivity contribution < 1.29 is 13.3 Å². The number of hydrogen-bond acceptors (Lipinski definition) is 7. The topological polar surface area (TPSA) is 128 Å². The lowest BCUT2D eigenvalue weighted by Crippen LogP contribution is -2.13. The molecule has 8 nitrogen and oxygen atoms in total. The number of nitrogen functional groups attached to an aromatic ring is 1. The smallest absolute Gasteiger partial charge is 0.274 e. The summed E-state index contributed by atoms with van der Waals surface area (Å²) < 4.78 is 26.8. The van der Waals surface area contributed by atoms with Crippen molar-refractivity contribution in [3.05, 3.63) is 39.6 Å². The first-order valence-corrected chi connectivity index (χ1v) is 8.01. The van der Waals surface area contributed by atoms with E-state index in [1.54, 1.807) is 6.92 Å². The van der Waals surface area contributed by atoms with Gasteiger partial charge in [0.25, 0.3) is 15.7 Å². The Hall–Kier alpha value is -2.20. The molecule has 1 aromatic carbocycles. The maximum Gasteiger partial charge on any atom is 0.274 e. The van der Waals surface area contributed by atoms with E-state index in [2.05, 4.69) is 9.71 Å². The minimum atomic E-state index is -3.88. The van der Waals surface area contributed by atoms with Crippen LogP contribution in [0.3, 0.4) is 0 Å². The van der Waals surface area contributed by atoms with E-state index < -0.39 is 14.9 Å². The number of nitrogens with zero attached hydrogens (tertiary/aromatic N) is 2. The molecule has 0 fully saturated rings. The molecule has 0 atom stereocenters. The maximum atomic E-state index is 12.2. The fourth-order valence-electron chi connectivity index (χ4n) is 1.72. The van der Waals surface area contributed by atoms with E-state index in [1.165, 1.54) is 25.1 Å². The Morgan fingerprint density at radius 2 is 2.05 bits per heavy atom. The van der Waals surface area contributed by atoms with Crippen molar-refractivity contribution in [1.82, 2.24) is 4.98 Å². The number of aromatic nitrogens is 1. The molecule has 2 rings (SSSR count). The lowest BCUT2D eigenvalue weighted by atomic mass is 10.2. The number of hydrogen-bond donors (Lipinski definition) is 2. The highest BCUT2D eigenvalue weighted by atomic mass is 32.2. The van der Waals surface area contributed by atoms with Gasteiger partial charge in [-0.3, -0.25) is 14.8 Å². The van der Waals surface area contributed by atoms with Crippen molar-refractivity contribution in [2.24, 2.45) is 0 Å². The molecule has 0 saturated carbocycles. The minimum Gasteiger partial charge on any atom is -0.375 e. The van der Waals surface area contributed by atoms with E-state index in [4.69, 9.17) is 5.73 Å². The summed E-state index contributed by atoms with van der Waals surface area (Å²) in [6, 6.07) is 4.11. The van der Waals surface area contributed by atoms with Gasteiger partial charge in [-0.05, 0) is 19.9 Å². The summed E-state index contributed by atoms with van der Waals surface area (Å²) in [5, 5.41) is 11.0. The van der Waals surface area contributed by atoms with Crippen molar-refractivity contribution in [1.29, 1.82) is 0 Å². The number of benzene rings is 1. The first kappa shape index (κ1) is 15.2. The lowest BCUT2D eigenvalue weighted by molar-refractivity contribution is -0.385. The van der Waals surface area contributed by atoms with Gasteiger partial charge in [0.2, 0.25) is 0 Å². The first-order valence-electron chi connectivity index (χ1n) is 5.71. The minimum absolute atomic E-state index is 0.0109. The monoisotopic (exact) mass is 328 g/mol. The zero-order valence-electron chi connectivity index (χ0n) is 11.2. The number of nitro groups is 1. The van der Waals surface area contributed by atoms with Crippen molar-refractivity contribution in [3.63, 3.8) is 0 Å². The van der Waals surface area contributed by atoms with Crippen molar-refractivity contribution in [2.45, 2.75) is 18.1 Å². The summed E-state index contributed by atoms with van der Waals surface area (Å²) >= 11 is 0.837. The molecule has 1 aromatic heterocycles. The highest BCUT2D eigenvalue weighted by molar-refractivity contribution is 7.94. The summed E-state index contributed by atoms with van der Waals surface area (Å²) in [7, 11) is -3.88. The van der Waals surface area contributed by atoms with Crippen LogP contribution in [0.1, 0.15) is 11.3 Å². The van der Waals surface area contributed by atoms with Crippen LogP contribution in [0.2, 0.25) is 0 Å². The number of nitrogens with two attached hydrogens (primary N) is 1. The molecule has 112 valence electrons. The standard InChI is InChI=1S/C11H12N4O4S2/c1-6-3-4-8(5-9(6)15(16)17)14-21(18,19)10-7(2)13-11(12)20-10/h3-5,14H,1-2H3,(H2,12,13). The Morgan fingerprint density at radius 1 is 1.38 bits per heavy atom. The van der Waals surface area contributed by atoms with Gasteiger partial charge in [-0.2, -0.15) is 0 Å². The molecule has 0 bridgehead atoms. The Labute approximate surface area is 124 Å². The molecule has 0 aliphatic heterocycles. The molecule has 0 saturated heterocycles. The van der Waals surface area contributed by atoms with Crippen molar-refractivity contribution in [3.8, 4) is 0 Å². The molecule has 2 aromatic rings. The average Bonchev–Trinajstić information content (AvgIpc) is 2.71. The van der Waals surface area contributed by atoms with E-state index in [0.29, 0.717) is 5.56 Å². The zero-order valence-corrected chi connectivity index (χ0v) is 12.8. The number of rotatable bonds is 4. The molecule has 21 heavy (non-hydrogen) atoms. The second-order valence-corrected chi connectivity index (χ2v) is 7.20. The van der Waals surface area contributed by atoms with Crippen LogP contribution < -0.4 is 10.5 Å². The fourth-order valence-corrected chi connectivity index (χ4v) is 4.07. The van der Waals surface area contributed by atoms with Gasteiger partial charge >= 0.3 is 0 Å². The number of nitro benzene ring substituents is 1. The van der Waals surface area contributed by atoms with Crippen LogP contribution in [-0.2, 0) is 10.0 Å². The Morgan fingerprint density at radius 3 is 2.57 bits per heavy atom. The molecule has 0 amide bonds. The van der Waals surface area contributed by atoms with Gasteiger partial charge in [-0.15, -0.1) is 0 Å². The van der Waals surface area contributed by atoms with Crippen LogP contribution in [0.5, 0.6) is 0 Å². The Balaban J connectivity index is 2.40. The quantitative estimate of drug-likeness (QED) is 0.653. The normalized spacial score (nSPS) is 11.3. The first-order chi connectivity index (χ1) is 9.70. The molecule has 0 aliphatic carbocycles. The third-order valence-corrected chi connectivity index (χ3v) is 5.65. The van der Waals surface area contributed by atoms with Gasteiger partial charge in [-0.25, -0.2) is 13.4 Å². The summed E-state index contributed by atoms with van der Waals surface area (Å²) in [5.41, 5.74) is 6.16. The van der Waals surface area contributed by atoms with E-state index in [9.17, 15) is 18.5 Å². The van der Waals surface area contributed by atoms with Gasteiger partial charge in [0.15, 0.2) is 9.34 Å². The van der Waals surface area contributed by atoms with E-state index in [1.807, 2.05) is 0 Å². The lowest BCUT2D eigenvalue weighted by Gasteiger charge is -2.07. The van der Waals surface area contributed by atoms with E-state index in [-0.39, 0.29) is 26.4 Å². The SMILES string of the molecule is Cc1ccc(NS(=O)(=O)c2sc(N)nc2C)cc1[N+](=O)[O-]. The highest BCUT2D eigenvalue weighted by Gasteiger charge is 2.22. The molecule has 0 radical (unpaired) electrons. The van der Waals surface area contributed by atoms with E-state index >= 15 is 0 Å². The molecule has 3 N–H and O–H groups in total. The number of aryl methyl sites for hydroxylation is 2. The van der Waals surface area contributed by atoms with Crippen molar-refractivity contribution in [2.75, 3.05) is 10.5 Å². The van der Waals surface area contributed by atoms with Gasteiger partial charge in [0.1, 0.15) is 0 Å². The third kappa shape index (κ3) is 3.11. The average molecular weight is 328 g/mol. The molecular formula is C11H12N4O4S2. The predicted octanol–water partition coefficient (Wildman–Crippen LogP) is 2.05. The van der Waals surface area contributed by atoms with Gasteiger partial charge in [-0.1, -0.05) is 17.4 Å². The van der Waals surface area contributed by atoms with Crippen LogP contribution in [0.4, 0.5) is 16.5 Å². The summed E-state index contributed by atoms with van der Waals surface area (Å²) in [5.74, 6) is 0. The molecule has 1 heterocycles. The summed E-state index contributed by atoms with van der Waals surface area (Å²) in [6.45, 7) is 3.10. The molecule has 0 aliphatic rings. The van der Waals surface area contributed by atoms with Crippen molar-refractivity contribution >= 4 is 37.9 Å². The van der Waals surface area contributed by atoms with Gasteiger partial charge < -0.3 is 5.73 Å². The van der Waals surface area contributed by atoms with E-state index in [0.717, 1.165) is 11.3 Å². The summed E-state index contributed by atoms with van der Waals surface area (Å²) in [6.07, 6.45) is 0. The number of nitrogens with one attached hydrogen (secondary N) is 1. The van der Waals surface area contributed by atoms with Crippen LogP contribution in [0.15, 0.2) is 22.4 Å². The number of anilines is 2. The molecule has 0 unspecified atom stereocenters. The second kappa shape index (κ2) is 5.30. The molecular weight excluding hydrogens is 316 g/mol. The van der Waals surface area contributed by atoms with Crippen LogP contribution in [0.25, 0.3) is 0 Å². The second-order valence-electron chi connectivity index (χ2n) is 4.29. The molecule has 10 heteroatoms. The molecule has 0 spiro atoms. The highest BCUT2D eigenvalue weighted by Crippen LogP contribution is 2.28. The Kier molecular flexibility index (Phi) is 3.83. The fraction of sp³-hybridized carbons (Fsp3) is 0.182. The summed E-state index contributed by atoms with van der Waals surface area (Å²) in [4.78, 5) is 14.2. The van der Waals surface area contributed by atoms with Gasteiger partial charge in [0.05, 0.1) is 16.3 Å².